The van der Waals surface area contributed by atoms with Crippen LogP contribution >= 0.6 is 0 Å². The summed E-state index contributed by atoms with van der Waals surface area (Å²) in [5.74, 6) is -0.514. The van der Waals surface area contributed by atoms with Gasteiger partial charge in [-0.15, -0.1) is 0 Å². The molecule has 0 bridgehead atoms. The number of carbonyl (C=O) groups excluding carboxylic acids is 1. The minimum absolute atomic E-state index is 0.0341. The van der Waals surface area contributed by atoms with Crippen molar-refractivity contribution >= 4 is 5.91 Å². The summed E-state index contributed by atoms with van der Waals surface area (Å²) in [6.45, 7) is 2.15. The highest BCUT2D eigenvalue weighted by atomic mass is 16.2. The van der Waals surface area contributed by atoms with E-state index < -0.39 is 11.3 Å². The summed E-state index contributed by atoms with van der Waals surface area (Å²) in [4.78, 5) is 25.5. The largest absolute Gasteiger partial charge is 0.350 e. The highest BCUT2D eigenvalue weighted by Gasteiger charge is 2.19. The monoisotopic (exact) mass is 409 g/mol. The van der Waals surface area contributed by atoms with E-state index in [0.29, 0.717) is 12.2 Å². The molecule has 1 N–H and O–H groups in total. The summed E-state index contributed by atoms with van der Waals surface area (Å²) >= 11 is 0. The van der Waals surface area contributed by atoms with Crippen LogP contribution in [0.1, 0.15) is 33.2 Å². The first-order valence-corrected chi connectivity index (χ1v) is 10.2. The summed E-state index contributed by atoms with van der Waals surface area (Å²) in [6, 6.07) is 30.9. The van der Waals surface area contributed by atoms with E-state index in [1.54, 1.807) is 11.6 Å². The van der Waals surface area contributed by atoms with E-state index in [9.17, 15) is 9.59 Å². The predicted octanol–water partition coefficient (Wildman–Crippen LogP) is 4.10. The van der Waals surface area contributed by atoms with Crippen LogP contribution < -0.4 is 10.7 Å². The fourth-order valence-electron chi connectivity index (χ4n) is 3.61. The second-order valence-corrected chi connectivity index (χ2v) is 7.33. The Labute approximate surface area is 181 Å². The molecule has 4 aromatic rings. The number of nitrogens with zero attached hydrogens (tertiary/aromatic N) is 2. The number of para-hydroxylation sites is 1. The number of nitrogens with one attached hydrogen (secondary N) is 1. The van der Waals surface area contributed by atoms with Crippen molar-refractivity contribution in [2.24, 2.45) is 0 Å². The van der Waals surface area contributed by atoms with Crippen molar-refractivity contribution in [1.29, 1.82) is 0 Å². The van der Waals surface area contributed by atoms with Gasteiger partial charge in [-0.1, -0.05) is 78.9 Å². The number of amides is 1. The molecule has 1 heterocycles. The molecule has 0 atom stereocenters. The Morgan fingerprint density at radius 1 is 0.871 bits per heavy atom. The third-order valence-corrected chi connectivity index (χ3v) is 5.19. The zero-order valence-electron chi connectivity index (χ0n) is 17.2. The number of hydrogen-bond acceptors (Lipinski definition) is 3. The van der Waals surface area contributed by atoms with E-state index >= 15 is 0 Å². The molecule has 5 heteroatoms. The van der Waals surface area contributed by atoms with Crippen molar-refractivity contribution in [1.82, 2.24) is 15.1 Å². The van der Waals surface area contributed by atoms with E-state index in [-0.39, 0.29) is 11.6 Å². The van der Waals surface area contributed by atoms with E-state index in [2.05, 4.69) is 10.4 Å². The van der Waals surface area contributed by atoms with Gasteiger partial charge in [-0.2, -0.15) is 5.10 Å². The number of aryl methyl sites for hydroxylation is 1. The normalized spacial score (nSPS) is 10.8. The van der Waals surface area contributed by atoms with Crippen molar-refractivity contribution in [2.45, 2.75) is 12.8 Å². The number of aromatic nitrogens is 2. The van der Waals surface area contributed by atoms with Gasteiger partial charge < -0.3 is 5.32 Å². The second kappa shape index (κ2) is 9.22. The van der Waals surface area contributed by atoms with E-state index in [0.717, 1.165) is 16.8 Å². The first-order chi connectivity index (χ1) is 15.1. The van der Waals surface area contributed by atoms with Crippen molar-refractivity contribution in [2.75, 3.05) is 6.54 Å². The predicted molar refractivity (Wildman–Crippen MR) is 122 cm³/mol. The average molecular weight is 409 g/mol. The minimum atomic E-state index is -0.480. The van der Waals surface area contributed by atoms with Crippen LogP contribution in [0.25, 0.3) is 5.69 Å². The van der Waals surface area contributed by atoms with Crippen LogP contribution in [-0.4, -0.2) is 22.2 Å². The van der Waals surface area contributed by atoms with Gasteiger partial charge in [-0.25, -0.2) is 4.68 Å². The Hall–Kier alpha value is -3.99. The average Bonchev–Trinajstić information content (AvgIpc) is 2.81. The molecular weight excluding hydrogens is 386 g/mol. The van der Waals surface area contributed by atoms with Gasteiger partial charge in [0.2, 0.25) is 5.43 Å². The van der Waals surface area contributed by atoms with Crippen LogP contribution in [-0.2, 0) is 0 Å². The van der Waals surface area contributed by atoms with Crippen molar-refractivity contribution in [3.8, 4) is 5.69 Å². The third-order valence-electron chi connectivity index (χ3n) is 5.19. The molecule has 154 valence electrons. The Bertz CT molecular complexity index is 1180. The topological polar surface area (TPSA) is 64.0 Å². The Morgan fingerprint density at radius 2 is 1.39 bits per heavy atom. The number of rotatable bonds is 6. The molecule has 5 nitrogen and oxygen atoms in total. The lowest BCUT2D eigenvalue weighted by Crippen LogP contribution is -2.34. The Morgan fingerprint density at radius 3 is 1.94 bits per heavy atom. The molecule has 0 unspecified atom stereocenters. The first-order valence-electron chi connectivity index (χ1n) is 10.2. The molecule has 3 aromatic carbocycles. The molecule has 0 saturated carbocycles. The molecule has 1 aromatic heterocycles. The van der Waals surface area contributed by atoms with Gasteiger partial charge in [0.25, 0.3) is 5.91 Å². The van der Waals surface area contributed by atoms with Crippen molar-refractivity contribution < 1.29 is 4.79 Å². The van der Waals surface area contributed by atoms with Crippen LogP contribution in [0.4, 0.5) is 0 Å². The SMILES string of the molecule is Cc1cc(=O)c(C(=O)NCC(c2ccccc2)c2ccccc2)nn1-c1ccccc1. The van der Waals surface area contributed by atoms with Gasteiger partial charge in [0.05, 0.1) is 5.69 Å². The maximum absolute atomic E-state index is 12.9. The van der Waals surface area contributed by atoms with Gasteiger partial charge in [-0.3, -0.25) is 9.59 Å². The van der Waals surface area contributed by atoms with Crippen LogP contribution in [0.15, 0.2) is 102 Å². The molecule has 0 radical (unpaired) electrons. The van der Waals surface area contributed by atoms with Gasteiger partial charge in [0, 0.05) is 24.2 Å². The van der Waals surface area contributed by atoms with Crippen LogP contribution in [0.2, 0.25) is 0 Å². The molecule has 0 spiro atoms. The van der Waals surface area contributed by atoms with Crippen LogP contribution in [0.3, 0.4) is 0 Å². The lowest BCUT2D eigenvalue weighted by atomic mass is 9.91. The van der Waals surface area contributed by atoms with Gasteiger partial charge in [0.15, 0.2) is 5.69 Å². The number of benzene rings is 3. The Kier molecular flexibility index (Phi) is 6.03. The zero-order valence-corrected chi connectivity index (χ0v) is 17.2. The molecule has 1 amide bonds. The molecule has 0 fully saturated rings. The van der Waals surface area contributed by atoms with Crippen LogP contribution in [0.5, 0.6) is 0 Å². The van der Waals surface area contributed by atoms with Gasteiger partial charge in [-0.05, 0) is 30.2 Å². The summed E-state index contributed by atoms with van der Waals surface area (Å²) in [5, 5.41) is 7.28. The fourth-order valence-corrected chi connectivity index (χ4v) is 3.61. The zero-order chi connectivity index (χ0) is 21.6. The standard InChI is InChI=1S/C26H23N3O2/c1-19-17-24(30)25(28-29(19)22-15-9-4-10-16-22)26(31)27-18-23(20-11-5-2-6-12-20)21-13-7-3-8-14-21/h2-17,23H,18H2,1H3,(H,27,31). The van der Waals surface area contributed by atoms with E-state index in [1.165, 1.54) is 6.07 Å². The summed E-state index contributed by atoms with van der Waals surface area (Å²) in [5.41, 5.74) is 3.13. The quantitative estimate of drug-likeness (QED) is 0.521. The van der Waals surface area contributed by atoms with Gasteiger partial charge in [0.1, 0.15) is 0 Å². The molecule has 0 saturated heterocycles. The fraction of sp³-hybridized carbons (Fsp3) is 0.115. The van der Waals surface area contributed by atoms with E-state index in [1.807, 2.05) is 91.0 Å². The smallest absolute Gasteiger partial charge is 0.275 e. The maximum Gasteiger partial charge on any atom is 0.275 e. The molecule has 0 aliphatic rings. The highest BCUT2D eigenvalue weighted by Crippen LogP contribution is 2.23. The summed E-state index contributed by atoms with van der Waals surface area (Å²) in [6.07, 6.45) is 0. The van der Waals surface area contributed by atoms with Crippen molar-refractivity contribution in [3.63, 3.8) is 0 Å². The molecular formula is C26H23N3O2. The lowest BCUT2D eigenvalue weighted by Gasteiger charge is -2.19. The summed E-state index contributed by atoms with van der Waals surface area (Å²) in [7, 11) is 0. The maximum atomic E-state index is 12.9. The second-order valence-electron chi connectivity index (χ2n) is 7.33. The highest BCUT2D eigenvalue weighted by molar-refractivity contribution is 5.92. The number of carbonyl (C=O) groups is 1. The lowest BCUT2D eigenvalue weighted by molar-refractivity contribution is 0.0944. The van der Waals surface area contributed by atoms with Gasteiger partial charge >= 0.3 is 0 Å². The van der Waals surface area contributed by atoms with E-state index in [4.69, 9.17) is 0 Å². The summed E-state index contributed by atoms with van der Waals surface area (Å²) < 4.78 is 1.61. The molecule has 31 heavy (non-hydrogen) atoms. The molecule has 0 aliphatic heterocycles. The van der Waals surface area contributed by atoms with Crippen molar-refractivity contribution in [3.05, 3.63) is 130 Å². The first kappa shape index (κ1) is 20.3. The molecule has 0 aliphatic carbocycles. The third kappa shape index (κ3) is 4.61. The number of hydrogen-bond donors (Lipinski definition) is 1. The molecule has 4 rings (SSSR count). The van der Waals surface area contributed by atoms with Crippen LogP contribution in [0, 0.1) is 6.92 Å². The minimum Gasteiger partial charge on any atom is -0.350 e. The Balaban J connectivity index is 1.61.